The van der Waals surface area contributed by atoms with E-state index in [1.54, 1.807) is 30.3 Å². The predicted octanol–water partition coefficient (Wildman–Crippen LogP) is 5.06. The molecular weight excluding hydrogens is 519 g/mol. The number of carbonyl (C=O) groups excluding carboxylic acids is 2. The Hall–Kier alpha value is -2.85. The van der Waals surface area contributed by atoms with Gasteiger partial charge in [-0.1, -0.05) is 41.0 Å². The van der Waals surface area contributed by atoms with Crippen LogP contribution in [0.1, 0.15) is 33.6 Å². The van der Waals surface area contributed by atoms with Gasteiger partial charge in [0.1, 0.15) is 5.03 Å². The summed E-state index contributed by atoms with van der Waals surface area (Å²) in [7, 11) is 1.96. The summed E-state index contributed by atoms with van der Waals surface area (Å²) >= 11 is 14.0. The molecule has 0 aliphatic carbocycles. The molecule has 3 heterocycles. The van der Waals surface area contributed by atoms with Gasteiger partial charge >= 0.3 is 0 Å². The molecule has 0 bridgehead atoms. The van der Waals surface area contributed by atoms with Crippen molar-refractivity contribution in [2.24, 2.45) is 0 Å². The molecular formula is C25H24Cl2N6O2S. The SMILES string of the molecule is CNC1CCN(C(=O)c2ccc(Nc3ncc4c(n3)SCN(c3c(Cl)cccc3Cl)C4=O)cc2)CC1. The smallest absolute Gasteiger partial charge is 0.263 e. The number of amides is 2. The topological polar surface area (TPSA) is 90.5 Å². The van der Waals surface area contributed by atoms with Crippen LogP contribution in [0.15, 0.2) is 53.7 Å². The van der Waals surface area contributed by atoms with Gasteiger partial charge in [-0.3, -0.25) is 14.5 Å². The van der Waals surface area contributed by atoms with Gasteiger partial charge in [0.05, 0.1) is 27.2 Å². The number of carbonyl (C=O) groups is 2. The van der Waals surface area contributed by atoms with Crippen LogP contribution in [0.4, 0.5) is 17.3 Å². The lowest BCUT2D eigenvalue weighted by atomic mass is 10.0. The van der Waals surface area contributed by atoms with Crippen molar-refractivity contribution in [1.82, 2.24) is 20.2 Å². The molecule has 0 radical (unpaired) electrons. The lowest BCUT2D eigenvalue weighted by Gasteiger charge is -2.31. The number of anilines is 3. The molecule has 2 aliphatic rings. The molecule has 5 rings (SSSR count). The highest BCUT2D eigenvalue weighted by atomic mass is 35.5. The number of thioether (sulfide) groups is 1. The highest BCUT2D eigenvalue weighted by molar-refractivity contribution is 7.99. The summed E-state index contributed by atoms with van der Waals surface area (Å²) in [5.41, 5.74) is 2.26. The molecule has 0 atom stereocenters. The van der Waals surface area contributed by atoms with Crippen molar-refractivity contribution in [2.45, 2.75) is 23.9 Å². The van der Waals surface area contributed by atoms with E-state index in [1.807, 2.05) is 24.1 Å². The zero-order valence-corrected chi connectivity index (χ0v) is 21.8. The molecule has 0 unspecified atom stereocenters. The molecule has 186 valence electrons. The number of piperidine rings is 1. The first-order valence-corrected chi connectivity index (χ1v) is 13.3. The van der Waals surface area contributed by atoms with Gasteiger partial charge in [-0.2, -0.15) is 0 Å². The van der Waals surface area contributed by atoms with E-state index in [-0.39, 0.29) is 11.8 Å². The van der Waals surface area contributed by atoms with Crippen LogP contribution >= 0.6 is 35.0 Å². The summed E-state index contributed by atoms with van der Waals surface area (Å²) in [4.78, 5) is 38.2. The number of hydrogen-bond acceptors (Lipinski definition) is 7. The number of nitrogens with zero attached hydrogens (tertiary/aromatic N) is 4. The number of fused-ring (bicyclic) bond motifs is 1. The molecule has 2 N–H and O–H groups in total. The van der Waals surface area contributed by atoms with Crippen LogP contribution in [0.5, 0.6) is 0 Å². The molecule has 1 saturated heterocycles. The third-order valence-electron chi connectivity index (χ3n) is 6.35. The van der Waals surface area contributed by atoms with Crippen molar-refractivity contribution in [1.29, 1.82) is 0 Å². The maximum Gasteiger partial charge on any atom is 0.263 e. The summed E-state index contributed by atoms with van der Waals surface area (Å²) in [5.74, 6) is 0.478. The normalized spacial score (nSPS) is 16.1. The van der Waals surface area contributed by atoms with Gasteiger partial charge in [0, 0.05) is 36.6 Å². The van der Waals surface area contributed by atoms with Crippen LogP contribution in [0.3, 0.4) is 0 Å². The zero-order chi connectivity index (χ0) is 25.2. The third-order valence-corrected chi connectivity index (χ3v) is 7.93. The van der Waals surface area contributed by atoms with E-state index >= 15 is 0 Å². The molecule has 2 aliphatic heterocycles. The minimum Gasteiger partial charge on any atom is -0.339 e. The Balaban J connectivity index is 1.26. The summed E-state index contributed by atoms with van der Waals surface area (Å²) in [5, 5.41) is 7.82. The van der Waals surface area contributed by atoms with Crippen LogP contribution < -0.4 is 15.5 Å². The molecule has 0 saturated carbocycles. The number of likely N-dealkylation sites (tertiary alicyclic amines) is 1. The van der Waals surface area contributed by atoms with Gasteiger partial charge in [-0.15, -0.1) is 0 Å². The fraction of sp³-hybridized carbons (Fsp3) is 0.280. The van der Waals surface area contributed by atoms with Gasteiger partial charge in [0.2, 0.25) is 5.95 Å². The number of benzene rings is 2. The lowest BCUT2D eigenvalue weighted by molar-refractivity contribution is 0.0707. The molecule has 36 heavy (non-hydrogen) atoms. The molecule has 2 amide bonds. The van der Waals surface area contributed by atoms with E-state index in [1.165, 1.54) is 22.9 Å². The number of nitrogens with one attached hydrogen (secondary N) is 2. The number of aromatic nitrogens is 2. The Kier molecular flexibility index (Phi) is 7.34. The number of hydrogen-bond donors (Lipinski definition) is 2. The van der Waals surface area contributed by atoms with Crippen LogP contribution in [0.2, 0.25) is 10.0 Å². The molecule has 1 aromatic heterocycles. The standard InChI is InChI=1S/C25H24Cl2N6O2S/c1-28-16-9-11-32(12-10-16)23(34)15-5-7-17(8-6-15)30-25-29-13-18-22(31-25)36-14-33(24(18)35)21-19(26)3-2-4-20(21)27/h2-8,13,16,28H,9-12,14H2,1H3,(H,29,30,31). The van der Waals surface area contributed by atoms with Gasteiger partial charge in [0.15, 0.2) is 0 Å². The highest BCUT2D eigenvalue weighted by Crippen LogP contribution is 2.39. The summed E-state index contributed by atoms with van der Waals surface area (Å²) in [6.07, 6.45) is 3.42. The van der Waals surface area contributed by atoms with Crippen molar-refractivity contribution in [3.05, 3.63) is 69.8 Å². The molecule has 2 aromatic carbocycles. The van der Waals surface area contributed by atoms with Crippen molar-refractivity contribution in [3.8, 4) is 0 Å². The summed E-state index contributed by atoms with van der Waals surface area (Å²) in [6, 6.07) is 12.9. The Morgan fingerprint density at radius 1 is 1.08 bits per heavy atom. The van der Waals surface area contributed by atoms with Crippen molar-refractivity contribution in [2.75, 3.05) is 36.2 Å². The molecule has 1 fully saturated rings. The van der Waals surface area contributed by atoms with Crippen LogP contribution in [0.25, 0.3) is 0 Å². The second kappa shape index (κ2) is 10.6. The first kappa shape index (κ1) is 24.8. The molecule has 11 heteroatoms. The Bertz CT molecular complexity index is 1280. The number of halogens is 2. The van der Waals surface area contributed by atoms with E-state index in [0.717, 1.165) is 31.6 Å². The van der Waals surface area contributed by atoms with E-state index < -0.39 is 0 Å². The van der Waals surface area contributed by atoms with E-state index in [0.29, 0.717) is 49.8 Å². The average Bonchev–Trinajstić information content (AvgIpc) is 2.90. The van der Waals surface area contributed by atoms with Crippen molar-refractivity contribution < 1.29 is 9.59 Å². The Morgan fingerprint density at radius 3 is 2.44 bits per heavy atom. The lowest BCUT2D eigenvalue weighted by Crippen LogP contribution is -2.43. The fourth-order valence-corrected chi connectivity index (χ4v) is 5.85. The highest BCUT2D eigenvalue weighted by Gasteiger charge is 2.30. The largest absolute Gasteiger partial charge is 0.339 e. The zero-order valence-electron chi connectivity index (χ0n) is 19.5. The summed E-state index contributed by atoms with van der Waals surface area (Å²) < 4.78 is 0. The average molecular weight is 543 g/mol. The number of para-hydroxylation sites is 1. The third kappa shape index (κ3) is 5.01. The maximum atomic E-state index is 13.1. The second-order valence-electron chi connectivity index (χ2n) is 8.55. The molecule has 0 spiro atoms. The van der Waals surface area contributed by atoms with Crippen molar-refractivity contribution >= 4 is 64.1 Å². The van der Waals surface area contributed by atoms with Crippen LogP contribution in [-0.2, 0) is 0 Å². The van der Waals surface area contributed by atoms with E-state index in [2.05, 4.69) is 20.6 Å². The predicted molar refractivity (Wildman–Crippen MR) is 144 cm³/mol. The number of rotatable bonds is 5. The van der Waals surface area contributed by atoms with E-state index in [4.69, 9.17) is 23.2 Å². The van der Waals surface area contributed by atoms with Crippen LogP contribution in [0, 0.1) is 0 Å². The van der Waals surface area contributed by atoms with Gasteiger partial charge in [-0.05, 0) is 56.3 Å². The maximum absolute atomic E-state index is 13.1. The second-order valence-corrected chi connectivity index (χ2v) is 10.3. The first-order chi connectivity index (χ1) is 17.4. The summed E-state index contributed by atoms with van der Waals surface area (Å²) in [6.45, 7) is 1.51. The van der Waals surface area contributed by atoms with Crippen molar-refractivity contribution in [3.63, 3.8) is 0 Å². The first-order valence-electron chi connectivity index (χ1n) is 11.5. The Morgan fingerprint density at radius 2 is 1.78 bits per heavy atom. The van der Waals surface area contributed by atoms with E-state index in [9.17, 15) is 9.59 Å². The quantitative estimate of drug-likeness (QED) is 0.435. The van der Waals surface area contributed by atoms with Crippen LogP contribution in [-0.4, -0.2) is 58.7 Å². The van der Waals surface area contributed by atoms with Gasteiger partial charge < -0.3 is 15.5 Å². The minimum absolute atomic E-state index is 0.0409. The minimum atomic E-state index is -0.257. The monoisotopic (exact) mass is 542 g/mol. The van der Waals surface area contributed by atoms with Gasteiger partial charge in [-0.25, -0.2) is 9.97 Å². The van der Waals surface area contributed by atoms with Gasteiger partial charge in [0.25, 0.3) is 11.8 Å². The Labute approximate surface area is 223 Å². The molecule has 3 aromatic rings. The molecule has 8 nitrogen and oxygen atoms in total. The fourth-order valence-electron chi connectivity index (χ4n) is 4.30.